The van der Waals surface area contributed by atoms with Gasteiger partial charge in [0, 0.05) is 15.4 Å². The summed E-state index contributed by atoms with van der Waals surface area (Å²) in [6.45, 7) is -5.51. The molecule has 394 valence electrons. The average Bonchev–Trinajstić information content (AvgIpc) is 1.62. The van der Waals surface area contributed by atoms with E-state index in [1.165, 1.54) is 6.07 Å². The van der Waals surface area contributed by atoms with Crippen LogP contribution in [0.4, 0.5) is 22.9 Å². The quantitative estimate of drug-likeness (QED) is 0.0956. The van der Waals surface area contributed by atoms with E-state index in [9.17, 15) is 11.0 Å². The van der Waals surface area contributed by atoms with Crippen LogP contribution in [0, 0.1) is 42.4 Å². The van der Waals surface area contributed by atoms with Gasteiger partial charge in [0.1, 0.15) is 0 Å². The molecule has 2 aliphatic rings. The standard InChI is InChI=1S/C73H56BN5O.Pt/c1-48(2)41-52-44-61(55-34-31-49(3)32-35-55)72(62(45-52)56-38-36-54(37-39-56)53-19-8-6-9-20-53)77-47-76(66-27-14-15-28-67(66)77)58-23-18-24-59(46-58)80-73-71(57-21-10-7-11-22-57)51(5)43-70(75-73)79-69-30-17-16-29-68(69)78-65-26-13-12-25-60(65)63-42-50(4)33-40-64(63)74(78)79;/h6-29,31-40,42-45,48H,41H2,1-5H3;/q-2;/i3D3,4D3,5D3,33D,40D,41D2,42D;. The number of ether oxygens (including phenoxy) is 1. The van der Waals surface area contributed by atoms with Crippen LogP contribution in [-0.4, -0.2) is 21.1 Å². The van der Waals surface area contributed by atoms with Crippen molar-refractivity contribution in [1.29, 1.82) is 0 Å². The van der Waals surface area contributed by atoms with E-state index in [4.69, 9.17) is 17.9 Å². The van der Waals surface area contributed by atoms with Crippen molar-refractivity contribution in [2.45, 2.75) is 40.8 Å². The number of nitrogens with zero attached hydrogens (tertiary/aromatic N) is 5. The molecular formula is C73H56BN5OPt-2. The minimum absolute atomic E-state index is 0.0507. The first kappa shape index (κ1) is 37.0. The summed E-state index contributed by atoms with van der Waals surface area (Å²) < 4.78 is 137. The summed E-state index contributed by atoms with van der Waals surface area (Å²) in [5.41, 5.74) is 10.4. The Bertz CT molecular complexity index is 5090. The summed E-state index contributed by atoms with van der Waals surface area (Å²) >= 11 is 2.29. The zero-order valence-corrected chi connectivity index (χ0v) is 46.1. The van der Waals surface area contributed by atoms with E-state index < -0.39 is 63.5 Å². The number of aromatic nitrogens is 3. The van der Waals surface area contributed by atoms with Crippen molar-refractivity contribution in [1.82, 2.24) is 14.1 Å². The van der Waals surface area contributed by atoms with Crippen molar-refractivity contribution in [3.8, 4) is 78.6 Å². The van der Waals surface area contributed by atoms with Gasteiger partial charge in [-0.25, -0.2) is 0 Å². The zero-order valence-electron chi connectivity index (χ0n) is 57.8. The van der Waals surface area contributed by atoms with E-state index in [0.29, 0.717) is 65.6 Å². The van der Waals surface area contributed by atoms with Gasteiger partial charge in [0.2, 0.25) is 0 Å². The summed E-state index contributed by atoms with van der Waals surface area (Å²) in [5.74, 6) is -0.358. The first-order valence-electron chi connectivity index (χ1n) is 33.6. The van der Waals surface area contributed by atoms with E-state index in [1.54, 1.807) is 89.7 Å². The van der Waals surface area contributed by atoms with Crippen molar-refractivity contribution in [2.24, 2.45) is 5.92 Å². The number of para-hydroxylation sites is 4. The monoisotopic (exact) mass is 1240 g/mol. The van der Waals surface area contributed by atoms with Crippen LogP contribution in [0.2, 0.25) is 0 Å². The molecule has 0 unspecified atom stereocenters. The fourth-order valence-electron chi connectivity index (χ4n) is 11.4. The minimum atomic E-state index is -2.91. The predicted octanol–water partition coefficient (Wildman–Crippen LogP) is 17.7. The molecule has 0 radical (unpaired) electrons. The molecule has 14 rings (SSSR count). The summed E-state index contributed by atoms with van der Waals surface area (Å²) in [4.78, 5) is 8.93. The van der Waals surface area contributed by atoms with Gasteiger partial charge in [0.15, 0.2) is 0 Å². The summed E-state index contributed by atoms with van der Waals surface area (Å²) in [5, 5.41) is 0. The van der Waals surface area contributed by atoms with Crippen LogP contribution in [0.5, 0.6) is 11.6 Å². The number of fused-ring (bicyclic) bond motifs is 9. The number of anilines is 4. The first-order chi connectivity index (χ1) is 45.3. The molecule has 0 spiro atoms. The molecule has 0 saturated carbocycles. The second kappa shape index (κ2) is 20.6. The smallest absolute Gasteiger partial charge is 0.175 e. The number of aryl methyl sites for hydroxylation is 2. The number of imidazole rings is 1. The molecule has 0 amide bonds. The van der Waals surface area contributed by atoms with E-state index in [2.05, 4.69) is 48.2 Å². The molecule has 0 aliphatic carbocycles. The fourth-order valence-corrected chi connectivity index (χ4v) is 12.5. The molecule has 2 aromatic heterocycles. The predicted molar refractivity (Wildman–Crippen MR) is 330 cm³/mol. The molecule has 8 heteroatoms. The number of benzene rings is 10. The van der Waals surface area contributed by atoms with E-state index >= 15 is 0 Å². The average molecular weight is 1240 g/mol. The summed E-state index contributed by atoms with van der Waals surface area (Å²) in [7, 11) is 0. The van der Waals surface area contributed by atoms with Crippen molar-refractivity contribution >= 4 is 46.4 Å². The third-order valence-electron chi connectivity index (χ3n) is 14.8. The van der Waals surface area contributed by atoms with Gasteiger partial charge in [-0.2, -0.15) is 12.1 Å². The molecule has 4 heterocycles. The molecule has 12 aromatic rings. The Labute approximate surface area is 505 Å². The number of rotatable bonds is 11. The van der Waals surface area contributed by atoms with Gasteiger partial charge >= 0.3 is 409 Å². The van der Waals surface area contributed by atoms with Crippen molar-refractivity contribution in [3.05, 3.63) is 269 Å². The van der Waals surface area contributed by atoms with Gasteiger partial charge in [-0.1, -0.05) is 41.9 Å². The van der Waals surface area contributed by atoms with Crippen molar-refractivity contribution in [3.63, 3.8) is 0 Å². The third kappa shape index (κ3) is 8.88. The normalized spacial score (nSPS) is 15.6. The second-order valence-electron chi connectivity index (χ2n) is 20.3. The molecular weight excluding hydrogens is 1170 g/mol. The Balaban J connectivity index is 0.974. The summed E-state index contributed by atoms with van der Waals surface area (Å²) in [6.07, 6.45) is -1.81. The van der Waals surface area contributed by atoms with E-state index in [0.717, 1.165) is 27.7 Å². The van der Waals surface area contributed by atoms with Crippen LogP contribution in [0.15, 0.2) is 230 Å². The zero-order chi connectivity index (χ0) is 66.8. The maximum atomic E-state index is 9.67. The van der Waals surface area contributed by atoms with Crippen LogP contribution >= 0.6 is 0 Å². The van der Waals surface area contributed by atoms with Crippen molar-refractivity contribution < 1.29 is 43.3 Å². The molecule has 0 bridgehead atoms. The molecule has 0 saturated heterocycles. The van der Waals surface area contributed by atoms with E-state index in [-0.39, 0.29) is 45.2 Å². The van der Waals surface area contributed by atoms with Crippen LogP contribution in [0.3, 0.4) is 0 Å². The van der Waals surface area contributed by atoms with Crippen molar-refractivity contribution in [2.75, 3.05) is 9.62 Å². The molecule has 0 fully saturated rings. The van der Waals surface area contributed by atoms with Gasteiger partial charge in [-0.3, -0.25) is 0 Å². The molecule has 0 atom stereocenters. The SMILES string of the molecule is [2H]c1c([2H])c(C([2H])([2H])[2H])c([2H])c2c1B1N(c3cc(C([2H])([2H])[2H])c(-c4ccccc4)c(Oc4[c-]c(-n5[c](=[Pt])n(-c6c(-c7ccc(-c8ccccc8)cc7)cc(C([2H])([2H])C(C)C)cc6-c6ccc(C([2H])([2H])[2H])cc6)c6ccccc65)ccc4)n3)c3[c-]cccc3N1c1ccccc1-2. The van der Waals surface area contributed by atoms with Crippen LogP contribution in [-0.2, 0) is 25.7 Å². The Morgan fingerprint density at radius 1 is 0.605 bits per heavy atom. The number of hydrogen-bond donors (Lipinski definition) is 0. The number of hydrogen-bond acceptors (Lipinski definition) is 4. The van der Waals surface area contributed by atoms with E-state index in [1.807, 2.05) is 132 Å². The van der Waals surface area contributed by atoms with Gasteiger partial charge < -0.3 is 0 Å². The summed E-state index contributed by atoms with van der Waals surface area (Å²) in [6, 6.07) is 70.4. The molecule has 0 N–H and O–H groups in total. The molecule has 81 heavy (non-hydrogen) atoms. The van der Waals surface area contributed by atoms with Gasteiger partial charge in [-0.15, -0.1) is 6.07 Å². The fraction of sp³-hybridized carbons (Fsp3) is 0.0959. The van der Waals surface area contributed by atoms with Crippen LogP contribution < -0.4 is 19.8 Å². The molecule has 10 aromatic carbocycles. The minimum Gasteiger partial charge on any atom is -0.175 e. The van der Waals surface area contributed by atoms with Crippen LogP contribution in [0.25, 0.3) is 78.0 Å². The Morgan fingerprint density at radius 3 is 1.99 bits per heavy atom. The third-order valence-corrected chi connectivity index (χ3v) is 15.8. The number of pyridine rings is 1. The van der Waals surface area contributed by atoms with Gasteiger partial charge in [0.05, 0.1) is 4.11 Å². The Hall–Kier alpha value is -9.03. The Morgan fingerprint density at radius 2 is 1.26 bits per heavy atom. The second-order valence-corrected chi connectivity index (χ2v) is 21.3. The van der Waals surface area contributed by atoms with Gasteiger partial charge in [-0.05, 0) is 18.5 Å². The molecule has 2 aliphatic heterocycles. The topological polar surface area (TPSA) is 38.5 Å². The first-order valence-corrected chi connectivity index (χ1v) is 27.7. The van der Waals surface area contributed by atoms with Crippen LogP contribution in [0.1, 0.15) is 55.3 Å². The van der Waals surface area contributed by atoms with Gasteiger partial charge in [0.25, 0.3) is 0 Å². The Kier molecular flexibility index (Phi) is 9.40. The maximum absolute atomic E-state index is 9.67. The molecule has 6 nitrogen and oxygen atoms in total.